The van der Waals surface area contributed by atoms with Crippen LogP contribution in [0.2, 0.25) is 0 Å². The summed E-state index contributed by atoms with van der Waals surface area (Å²) in [6.45, 7) is 20.1. The van der Waals surface area contributed by atoms with E-state index in [1.807, 2.05) is 6.92 Å². The van der Waals surface area contributed by atoms with Gasteiger partial charge in [-0.25, -0.2) is 0 Å². The summed E-state index contributed by atoms with van der Waals surface area (Å²) in [6.07, 6.45) is 18.0. The lowest BCUT2D eigenvalue weighted by atomic mass is 9.61. The van der Waals surface area contributed by atoms with Crippen LogP contribution in [0.25, 0.3) is 0 Å². The second-order valence-corrected chi connectivity index (χ2v) is 12.9. The second kappa shape index (κ2) is 10.9. The van der Waals surface area contributed by atoms with Crippen LogP contribution in [-0.4, -0.2) is 24.4 Å². The Morgan fingerprint density at radius 2 is 1.85 bits per heavy atom. The van der Waals surface area contributed by atoms with Crippen molar-refractivity contribution in [2.24, 2.45) is 40.4 Å². The highest BCUT2D eigenvalue weighted by Gasteiger charge is 2.50. The second-order valence-electron chi connectivity index (χ2n) is 12.9. The fourth-order valence-electron chi connectivity index (χ4n) is 7.46. The van der Waals surface area contributed by atoms with Gasteiger partial charge in [-0.15, -0.1) is 0 Å². The number of methoxy groups -OCH3 is 1. The molecule has 3 saturated carbocycles. The molecule has 0 bridgehead atoms. The standard InChI is InChI=1S/C32H52O2/c1-21-19-23(3)24(4)27(20-21)14-13-26-11-10-18-32(8)28(15-16-29(26)32)22(2)12-17-30(34-9)31(6,7)25(5)33/h12-14,17,21-23,25,28-30,33H,4,10-11,15-16,18-20H2,1-3,5-9H3/b17-12+,26-13+,27-14-/t21-,22+,23-,25?,28?,29?,30?,32+/m0/s1. The molecule has 0 aromatic rings. The summed E-state index contributed by atoms with van der Waals surface area (Å²) in [4.78, 5) is 0. The van der Waals surface area contributed by atoms with Crippen LogP contribution in [0, 0.1) is 40.4 Å². The smallest absolute Gasteiger partial charge is 0.0827 e. The number of aliphatic hydroxyl groups is 1. The van der Waals surface area contributed by atoms with Crippen molar-refractivity contribution in [3.05, 3.63) is 47.6 Å². The Morgan fingerprint density at radius 3 is 2.50 bits per heavy atom. The van der Waals surface area contributed by atoms with E-state index in [-0.39, 0.29) is 11.5 Å². The van der Waals surface area contributed by atoms with Crippen LogP contribution < -0.4 is 0 Å². The number of hydrogen-bond donors (Lipinski definition) is 1. The molecule has 0 saturated heterocycles. The molecular weight excluding hydrogens is 416 g/mol. The molecule has 1 N–H and O–H groups in total. The maximum absolute atomic E-state index is 10.2. The van der Waals surface area contributed by atoms with Crippen LogP contribution in [-0.2, 0) is 4.74 Å². The van der Waals surface area contributed by atoms with Crippen molar-refractivity contribution in [2.45, 2.75) is 106 Å². The summed E-state index contributed by atoms with van der Waals surface area (Å²) >= 11 is 0. The van der Waals surface area contributed by atoms with Gasteiger partial charge in [0, 0.05) is 12.5 Å². The monoisotopic (exact) mass is 468 g/mol. The van der Waals surface area contributed by atoms with Crippen LogP contribution in [0.15, 0.2) is 47.6 Å². The molecule has 0 heterocycles. The average Bonchev–Trinajstić information content (AvgIpc) is 3.12. The number of fused-ring (bicyclic) bond motifs is 1. The van der Waals surface area contributed by atoms with Crippen LogP contribution in [0.4, 0.5) is 0 Å². The van der Waals surface area contributed by atoms with E-state index in [1.54, 1.807) is 12.7 Å². The zero-order valence-corrected chi connectivity index (χ0v) is 23.4. The highest BCUT2D eigenvalue weighted by atomic mass is 16.5. The van der Waals surface area contributed by atoms with Crippen LogP contribution in [0.1, 0.15) is 93.4 Å². The summed E-state index contributed by atoms with van der Waals surface area (Å²) in [5, 5.41) is 10.2. The van der Waals surface area contributed by atoms with Crippen LogP contribution in [0.5, 0.6) is 0 Å². The highest BCUT2D eigenvalue weighted by molar-refractivity contribution is 5.37. The van der Waals surface area contributed by atoms with E-state index in [9.17, 15) is 5.11 Å². The minimum Gasteiger partial charge on any atom is -0.393 e. The molecule has 0 aromatic heterocycles. The molecule has 3 fully saturated rings. The Morgan fingerprint density at radius 1 is 1.15 bits per heavy atom. The predicted molar refractivity (Wildman–Crippen MR) is 146 cm³/mol. The first-order valence-electron chi connectivity index (χ1n) is 13.9. The number of aliphatic hydroxyl groups excluding tert-OH is 1. The number of rotatable bonds is 7. The summed E-state index contributed by atoms with van der Waals surface area (Å²) < 4.78 is 5.78. The normalized spacial score (nSPS) is 37.9. The molecule has 2 heteroatoms. The van der Waals surface area contributed by atoms with Crippen LogP contribution >= 0.6 is 0 Å². The first kappa shape index (κ1) is 27.5. The van der Waals surface area contributed by atoms with E-state index in [0.717, 1.165) is 5.92 Å². The SMILES string of the molecule is C=C1/C(=C\C=C2/CCC[C@@]3(C)C2CCC3[C@H](C)/C=C/C(OC)C(C)(C)C(C)O)C[C@@H](C)C[C@@H]1C. The quantitative estimate of drug-likeness (QED) is 0.381. The van der Waals surface area contributed by atoms with Gasteiger partial charge in [-0.3, -0.25) is 0 Å². The Hall–Kier alpha value is -1.12. The van der Waals surface area contributed by atoms with Gasteiger partial charge >= 0.3 is 0 Å². The fourth-order valence-corrected chi connectivity index (χ4v) is 7.46. The zero-order valence-electron chi connectivity index (χ0n) is 23.4. The van der Waals surface area contributed by atoms with Gasteiger partial charge in [0.2, 0.25) is 0 Å². The van der Waals surface area contributed by atoms with Crippen LogP contribution in [0.3, 0.4) is 0 Å². The van der Waals surface area contributed by atoms with Crippen molar-refractivity contribution >= 4 is 0 Å². The molecule has 0 aromatic carbocycles. The molecule has 8 atom stereocenters. The van der Waals surface area contributed by atoms with Crippen molar-refractivity contribution in [3.63, 3.8) is 0 Å². The Labute approximate surface area is 210 Å². The van der Waals surface area contributed by atoms with Gasteiger partial charge in [0.25, 0.3) is 0 Å². The van der Waals surface area contributed by atoms with E-state index >= 15 is 0 Å². The molecule has 2 nitrogen and oxygen atoms in total. The van der Waals surface area contributed by atoms with Crippen molar-refractivity contribution in [3.8, 4) is 0 Å². The zero-order chi connectivity index (χ0) is 25.3. The third-order valence-electron chi connectivity index (χ3n) is 10.2. The van der Waals surface area contributed by atoms with E-state index in [4.69, 9.17) is 4.74 Å². The molecule has 3 aliphatic carbocycles. The fraction of sp³-hybridized carbons (Fsp3) is 0.750. The summed E-state index contributed by atoms with van der Waals surface area (Å²) in [5.41, 5.74) is 4.61. The first-order valence-corrected chi connectivity index (χ1v) is 13.9. The predicted octanol–water partition coefficient (Wildman–Crippen LogP) is 8.29. The van der Waals surface area contributed by atoms with Crippen molar-refractivity contribution in [2.75, 3.05) is 7.11 Å². The molecule has 0 aliphatic heterocycles. The van der Waals surface area contributed by atoms with Crippen molar-refractivity contribution in [1.29, 1.82) is 0 Å². The molecule has 4 unspecified atom stereocenters. The van der Waals surface area contributed by atoms with Gasteiger partial charge < -0.3 is 9.84 Å². The maximum atomic E-state index is 10.2. The van der Waals surface area contributed by atoms with Crippen molar-refractivity contribution < 1.29 is 9.84 Å². The highest BCUT2D eigenvalue weighted by Crippen LogP contribution is 2.59. The largest absolute Gasteiger partial charge is 0.393 e. The molecule has 3 aliphatic rings. The van der Waals surface area contributed by atoms with E-state index in [0.29, 0.717) is 29.1 Å². The number of hydrogen-bond acceptors (Lipinski definition) is 2. The van der Waals surface area contributed by atoms with Gasteiger partial charge in [0.15, 0.2) is 0 Å². The van der Waals surface area contributed by atoms with Gasteiger partial charge in [0.1, 0.15) is 0 Å². The third kappa shape index (κ3) is 5.49. The summed E-state index contributed by atoms with van der Waals surface area (Å²) in [6, 6.07) is 0. The molecule has 34 heavy (non-hydrogen) atoms. The number of ether oxygens (including phenoxy) is 1. The Kier molecular flexibility index (Phi) is 8.78. The molecule has 0 spiro atoms. The van der Waals surface area contributed by atoms with Gasteiger partial charge in [-0.1, -0.05) is 78.0 Å². The molecule has 3 rings (SSSR count). The molecular formula is C32H52O2. The lowest BCUT2D eigenvalue weighted by Crippen LogP contribution is -2.39. The summed E-state index contributed by atoms with van der Waals surface area (Å²) in [5.74, 6) is 3.29. The third-order valence-corrected chi connectivity index (χ3v) is 10.2. The minimum atomic E-state index is -0.419. The maximum Gasteiger partial charge on any atom is 0.0827 e. The van der Waals surface area contributed by atoms with E-state index in [1.165, 1.54) is 56.1 Å². The van der Waals surface area contributed by atoms with Gasteiger partial charge in [-0.2, -0.15) is 0 Å². The lowest BCUT2D eigenvalue weighted by molar-refractivity contribution is -0.0365. The van der Waals surface area contributed by atoms with E-state index in [2.05, 4.69) is 72.4 Å². The van der Waals surface area contributed by atoms with Gasteiger partial charge in [0.05, 0.1) is 12.2 Å². The Balaban J connectivity index is 1.77. The molecule has 0 radical (unpaired) electrons. The molecule has 0 amide bonds. The lowest BCUT2D eigenvalue weighted by Gasteiger charge is -2.44. The topological polar surface area (TPSA) is 29.5 Å². The summed E-state index contributed by atoms with van der Waals surface area (Å²) in [7, 11) is 1.76. The average molecular weight is 469 g/mol. The first-order chi connectivity index (χ1) is 15.9. The Bertz CT molecular complexity index is 813. The number of allylic oxidation sites excluding steroid dienone is 6. The minimum absolute atomic E-state index is 0.0817. The van der Waals surface area contributed by atoms with Gasteiger partial charge in [-0.05, 0) is 98.0 Å². The van der Waals surface area contributed by atoms with Crippen molar-refractivity contribution in [1.82, 2.24) is 0 Å². The van der Waals surface area contributed by atoms with E-state index < -0.39 is 6.10 Å². The molecule has 192 valence electrons.